The number of aromatic nitrogens is 1. The van der Waals surface area contributed by atoms with E-state index >= 15 is 0 Å². The number of nitrogens with one attached hydrogen (secondary N) is 1. The number of nitrogens with two attached hydrogens (primary N) is 1. The molecule has 116 valence electrons. The molecule has 1 aromatic carbocycles. The van der Waals surface area contributed by atoms with E-state index in [0.29, 0.717) is 5.56 Å². The first-order valence-electron chi connectivity index (χ1n) is 6.48. The average molecular weight is 314 g/mol. The number of carbonyl (C=O) groups is 2. The van der Waals surface area contributed by atoms with Gasteiger partial charge < -0.3 is 5.73 Å². The van der Waals surface area contributed by atoms with E-state index in [1.807, 2.05) is 5.32 Å². The number of anilines is 1. The quantitative estimate of drug-likeness (QED) is 0.471. The average Bonchev–Trinajstić information content (AvgIpc) is 2.74. The number of pyridine rings is 1. The molecular weight excluding hydrogens is 304 g/mol. The molecule has 3 N–H and O–H groups in total. The Labute approximate surface area is 128 Å². The van der Waals surface area contributed by atoms with Crippen LogP contribution < -0.4 is 16.6 Å². The van der Waals surface area contributed by atoms with Gasteiger partial charge in [-0.2, -0.15) is 0 Å². The molecule has 3 rings (SSSR count). The molecular formula is C14H10N4O5. The molecule has 23 heavy (non-hydrogen) atoms. The number of carbonyl (C=O) groups excluding carboxylic acids is 2. The minimum Gasteiger partial charge on any atom is -0.384 e. The minimum absolute atomic E-state index is 0.0713. The molecule has 0 bridgehead atoms. The van der Waals surface area contributed by atoms with Crippen molar-refractivity contribution in [3.63, 3.8) is 0 Å². The standard InChI is InChI=1S/C14H10N4O5/c1-6-2-3-8(9(4-6)18(22)23)17-10(19)5-7-11(12(17)15)14(21)16-13(7)20/h2-5H,15H2,1H3,(H,16,20,21). The molecule has 2 heterocycles. The molecule has 0 radical (unpaired) electrons. The first kappa shape index (κ1) is 14.4. The summed E-state index contributed by atoms with van der Waals surface area (Å²) < 4.78 is 0.856. The molecule has 1 aromatic heterocycles. The van der Waals surface area contributed by atoms with Gasteiger partial charge in [-0.1, -0.05) is 6.07 Å². The van der Waals surface area contributed by atoms with Crippen LogP contribution in [-0.4, -0.2) is 21.3 Å². The third-order valence-corrected chi connectivity index (χ3v) is 3.52. The van der Waals surface area contributed by atoms with Crippen LogP contribution in [-0.2, 0) is 0 Å². The number of rotatable bonds is 2. The summed E-state index contributed by atoms with van der Waals surface area (Å²) in [6.07, 6.45) is 0. The Morgan fingerprint density at radius 3 is 2.52 bits per heavy atom. The van der Waals surface area contributed by atoms with Crippen LogP contribution in [0, 0.1) is 17.0 Å². The highest BCUT2D eigenvalue weighted by molar-refractivity contribution is 6.23. The summed E-state index contributed by atoms with van der Waals surface area (Å²) >= 11 is 0. The van der Waals surface area contributed by atoms with Crippen molar-refractivity contribution < 1.29 is 14.5 Å². The van der Waals surface area contributed by atoms with E-state index in [-0.39, 0.29) is 28.3 Å². The number of hydrogen-bond acceptors (Lipinski definition) is 6. The highest BCUT2D eigenvalue weighted by Gasteiger charge is 2.32. The van der Waals surface area contributed by atoms with Gasteiger partial charge in [0, 0.05) is 12.1 Å². The van der Waals surface area contributed by atoms with Gasteiger partial charge in [-0.3, -0.25) is 34.4 Å². The summed E-state index contributed by atoms with van der Waals surface area (Å²) in [5, 5.41) is 13.3. The largest absolute Gasteiger partial charge is 0.384 e. The third kappa shape index (κ3) is 2.06. The Hall–Kier alpha value is -3.49. The van der Waals surface area contributed by atoms with Gasteiger partial charge in [0.05, 0.1) is 16.1 Å². The lowest BCUT2D eigenvalue weighted by Gasteiger charge is -2.12. The molecule has 0 saturated heterocycles. The van der Waals surface area contributed by atoms with Gasteiger partial charge in [0.1, 0.15) is 11.5 Å². The summed E-state index contributed by atoms with van der Waals surface area (Å²) in [7, 11) is 0. The van der Waals surface area contributed by atoms with Gasteiger partial charge >= 0.3 is 0 Å². The molecule has 9 heteroatoms. The molecule has 0 spiro atoms. The SMILES string of the molecule is Cc1ccc(-n2c(N)c3c(cc2=O)C(=O)NC3=O)c([N+](=O)[O-])c1. The van der Waals surface area contributed by atoms with E-state index in [9.17, 15) is 24.5 Å². The van der Waals surface area contributed by atoms with E-state index in [1.165, 1.54) is 12.1 Å². The molecule has 2 aromatic rings. The topological polar surface area (TPSA) is 137 Å². The van der Waals surface area contributed by atoms with Crippen LogP contribution in [0.2, 0.25) is 0 Å². The van der Waals surface area contributed by atoms with Crippen LogP contribution in [0.4, 0.5) is 11.5 Å². The Bertz CT molecular complexity index is 960. The predicted octanol–water partition coefficient (Wildman–Crippen LogP) is 0.520. The fraction of sp³-hybridized carbons (Fsp3) is 0.0714. The maximum absolute atomic E-state index is 12.3. The summed E-state index contributed by atoms with van der Waals surface area (Å²) in [6.45, 7) is 1.66. The van der Waals surface area contributed by atoms with Crippen molar-refractivity contribution >= 4 is 23.3 Å². The number of nitro benzene ring substituents is 1. The number of amides is 2. The molecule has 2 amide bonds. The molecule has 1 aliphatic rings. The summed E-state index contributed by atoms with van der Waals surface area (Å²) in [5.74, 6) is -1.78. The van der Waals surface area contributed by atoms with E-state index in [0.717, 1.165) is 10.6 Å². The summed E-state index contributed by atoms with van der Waals surface area (Å²) in [4.78, 5) is 46.3. The smallest absolute Gasteiger partial charge is 0.293 e. The van der Waals surface area contributed by atoms with Crippen LogP contribution in [0.3, 0.4) is 0 Å². The lowest BCUT2D eigenvalue weighted by molar-refractivity contribution is -0.384. The number of nitrogen functional groups attached to an aromatic ring is 1. The monoisotopic (exact) mass is 314 g/mol. The lowest BCUT2D eigenvalue weighted by atomic mass is 10.1. The summed E-state index contributed by atoms with van der Waals surface area (Å²) in [6, 6.07) is 5.17. The van der Waals surface area contributed by atoms with Gasteiger partial charge in [0.15, 0.2) is 0 Å². The van der Waals surface area contributed by atoms with Gasteiger partial charge in [0.2, 0.25) is 0 Å². The number of benzene rings is 1. The molecule has 0 saturated carbocycles. The highest BCUT2D eigenvalue weighted by atomic mass is 16.6. The van der Waals surface area contributed by atoms with Crippen LogP contribution in [0.15, 0.2) is 29.1 Å². The molecule has 9 nitrogen and oxygen atoms in total. The van der Waals surface area contributed by atoms with Crippen LogP contribution in [0.5, 0.6) is 0 Å². The maximum atomic E-state index is 12.3. The van der Waals surface area contributed by atoms with Crippen LogP contribution in [0.25, 0.3) is 5.69 Å². The Balaban J connectivity index is 2.38. The fourth-order valence-electron chi connectivity index (χ4n) is 2.50. The predicted molar refractivity (Wildman–Crippen MR) is 79.6 cm³/mol. The van der Waals surface area contributed by atoms with Gasteiger partial charge in [-0.05, 0) is 18.6 Å². The Kier molecular flexibility index (Phi) is 2.99. The molecule has 0 atom stereocenters. The fourth-order valence-corrected chi connectivity index (χ4v) is 2.50. The zero-order chi connectivity index (χ0) is 16.9. The second kappa shape index (κ2) is 4.77. The van der Waals surface area contributed by atoms with Crippen molar-refractivity contribution in [3.05, 3.63) is 61.4 Å². The number of nitro groups is 1. The molecule has 1 aliphatic heterocycles. The Morgan fingerprint density at radius 2 is 1.87 bits per heavy atom. The molecule has 0 aliphatic carbocycles. The second-order valence-corrected chi connectivity index (χ2v) is 5.02. The van der Waals surface area contributed by atoms with Gasteiger partial charge in [-0.15, -0.1) is 0 Å². The number of fused-ring (bicyclic) bond motifs is 1. The minimum atomic E-state index is -0.744. The van der Waals surface area contributed by atoms with Crippen molar-refractivity contribution in [2.45, 2.75) is 6.92 Å². The van der Waals surface area contributed by atoms with Gasteiger partial charge in [-0.25, -0.2) is 0 Å². The van der Waals surface area contributed by atoms with Crippen molar-refractivity contribution in [3.8, 4) is 5.69 Å². The third-order valence-electron chi connectivity index (χ3n) is 3.52. The van der Waals surface area contributed by atoms with E-state index < -0.39 is 22.3 Å². The zero-order valence-electron chi connectivity index (χ0n) is 11.8. The van der Waals surface area contributed by atoms with Gasteiger partial charge in [0.25, 0.3) is 23.1 Å². The van der Waals surface area contributed by atoms with E-state index in [4.69, 9.17) is 5.73 Å². The van der Waals surface area contributed by atoms with Crippen LogP contribution >= 0.6 is 0 Å². The zero-order valence-corrected chi connectivity index (χ0v) is 11.8. The second-order valence-electron chi connectivity index (χ2n) is 5.02. The van der Waals surface area contributed by atoms with Crippen molar-refractivity contribution in [1.29, 1.82) is 0 Å². The lowest BCUT2D eigenvalue weighted by Crippen LogP contribution is -2.24. The van der Waals surface area contributed by atoms with Crippen molar-refractivity contribution in [2.75, 3.05) is 5.73 Å². The van der Waals surface area contributed by atoms with Crippen molar-refractivity contribution in [2.24, 2.45) is 0 Å². The molecule has 0 fully saturated rings. The van der Waals surface area contributed by atoms with E-state index in [2.05, 4.69) is 0 Å². The first-order valence-corrected chi connectivity index (χ1v) is 6.48. The number of imide groups is 1. The maximum Gasteiger partial charge on any atom is 0.293 e. The number of hydrogen-bond donors (Lipinski definition) is 2. The van der Waals surface area contributed by atoms with Crippen molar-refractivity contribution in [1.82, 2.24) is 9.88 Å². The number of aryl methyl sites for hydroxylation is 1. The number of nitrogens with zero attached hydrogens (tertiary/aromatic N) is 2. The van der Waals surface area contributed by atoms with Crippen LogP contribution in [0.1, 0.15) is 26.3 Å². The summed E-state index contributed by atoms with van der Waals surface area (Å²) in [5.41, 5.74) is 5.04. The Morgan fingerprint density at radius 1 is 1.17 bits per heavy atom. The normalized spacial score (nSPS) is 12.9. The first-order chi connectivity index (χ1) is 10.8. The molecule has 0 unspecified atom stereocenters. The highest BCUT2D eigenvalue weighted by Crippen LogP contribution is 2.28. The van der Waals surface area contributed by atoms with E-state index in [1.54, 1.807) is 13.0 Å².